The van der Waals surface area contributed by atoms with Crippen molar-refractivity contribution in [1.29, 1.82) is 0 Å². The summed E-state index contributed by atoms with van der Waals surface area (Å²) in [6, 6.07) is 0. The third kappa shape index (κ3) is 3.39. The molecule has 0 bridgehead atoms. The lowest BCUT2D eigenvalue weighted by atomic mass is 9.44. The van der Waals surface area contributed by atoms with Crippen LogP contribution < -0.4 is 0 Å². The highest BCUT2D eigenvalue weighted by atomic mass is 19.1. The van der Waals surface area contributed by atoms with Crippen LogP contribution in [0.3, 0.4) is 0 Å². The Hall–Kier alpha value is -2.35. The van der Waals surface area contributed by atoms with Gasteiger partial charge in [0.25, 0.3) is 0 Å². The molecule has 0 aromatic rings. The van der Waals surface area contributed by atoms with Gasteiger partial charge in [-0.2, -0.15) is 0 Å². The molecule has 3 saturated carbocycles. The van der Waals surface area contributed by atoms with E-state index in [0.717, 1.165) is 0 Å². The van der Waals surface area contributed by atoms with E-state index in [0.29, 0.717) is 24.8 Å². The number of fused-ring (bicyclic) bond motifs is 5. The van der Waals surface area contributed by atoms with Gasteiger partial charge < -0.3 is 14.6 Å². The van der Waals surface area contributed by atoms with Crippen molar-refractivity contribution in [2.75, 3.05) is 6.61 Å². The van der Waals surface area contributed by atoms with Crippen molar-refractivity contribution in [3.05, 3.63) is 23.8 Å². The van der Waals surface area contributed by atoms with Crippen LogP contribution in [-0.2, 0) is 28.7 Å². The van der Waals surface area contributed by atoms with E-state index >= 15 is 4.39 Å². The van der Waals surface area contributed by atoms with Gasteiger partial charge in [0.05, 0.1) is 6.10 Å². The molecule has 4 aliphatic carbocycles. The van der Waals surface area contributed by atoms with Gasteiger partial charge in [-0.1, -0.05) is 39.3 Å². The molecule has 36 heavy (non-hydrogen) atoms. The molecule has 8 atom stereocenters. The Morgan fingerprint density at radius 1 is 1.14 bits per heavy atom. The first kappa shape index (κ1) is 26.7. The number of allylic oxidation sites excluding steroid dienone is 4. The first-order chi connectivity index (χ1) is 16.8. The zero-order chi connectivity index (χ0) is 26.7. The minimum atomic E-state index is -2.05. The van der Waals surface area contributed by atoms with E-state index in [-0.39, 0.29) is 31.0 Å². The molecule has 0 saturated heterocycles. The van der Waals surface area contributed by atoms with Gasteiger partial charge in [-0.3, -0.25) is 19.2 Å². The molecule has 8 heteroatoms. The Kier molecular flexibility index (Phi) is 6.60. The monoisotopic (exact) mass is 504 g/mol. The Morgan fingerprint density at radius 2 is 1.81 bits per heavy atom. The summed E-state index contributed by atoms with van der Waals surface area (Å²) in [6.07, 6.45) is 4.32. The largest absolute Gasteiger partial charge is 0.457 e. The summed E-state index contributed by atoms with van der Waals surface area (Å²) < 4.78 is 28.5. The van der Waals surface area contributed by atoms with Crippen molar-refractivity contribution in [3.8, 4) is 0 Å². The highest BCUT2D eigenvalue weighted by Crippen LogP contribution is 2.71. The minimum absolute atomic E-state index is 0.0430. The fourth-order valence-corrected chi connectivity index (χ4v) is 8.01. The second kappa shape index (κ2) is 8.89. The van der Waals surface area contributed by atoms with E-state index in [2.05, 4.69) is 0 Å². The van der Waals surface area contributed by atoms with Crippen molar-refractivity contribution in [2.45, 2.75) is 90.5 Å². The molecule has 0 heterocycles. The molecule has 4 aliphatic rings. The van der Waals surface area contributed by atoms with Crippen LogP contribution in [0.15, 0.2) is 23.8 Å². The third-order valence-corrected chi connectivity index (χ3v) is 9.81. The number of carbonyl (C=O) groups excluding carboxylic acids is 4. The molecule has 0 spiro atoms. The van der Waals surface area contributed by atoms with Crippen molar-refractivity contribution in [3.63, 3.8) is 0 Å². The average molecular weight is 505 g/mol. The number of aliphatic hydroxyl groups is 1. The molecular formula is C28H37FO7. The first-order valence-electron chi connectivity index (χ1n) is 13.0. The van der Waals surface area contributed by atoms with Crippen molar-refractivity contribution in [2.24, 2.45) is 28.6 Å². The highest BCUT2D eigenvalue weighted by molar-refractivity contribution is 6.01. The van der Waals surface area contributed by atoms with Crippen LogP contribution >= 0.6 is 0 Å². The van der Waals surface area contributed by atoms with E-state index < -0.39 is 64.4 Å². The molecule has 0 amide bonds. The number of carbonyl (C=O) groups is 4. The Bertz CT molecular complexity index is 1050. The van der Waals surface area contributed by atoms with Crippen LogP contribution in [0.5, 0.6) is 0 Å². The van der Waals surface area contributed by atoms with Crippen molar-refractivity contribution >= 4 is 23.5 Å². The molecule has 0 aliphatic heterocycles. The predicted molar refractivity (Wildman–Crippen MR) is 128 cm³/mol. The van der Waals surface area contributed by atoms with E-state index in [9.17, 15) is 24.3 Å². The molecule has 3 fully saturated rings. The topological polar surface area (TPSA) is 107 Å². The van der Waals surface area contributed by atoms with Crippen LogP contribution in [-0.4, -0.2) is 52.6 Å². The quantitative estimate of drug-likeness (QED) is 0.548. The molecule has 0 aromatic carbocycles. The van der Waals surface area contributed by atoms with E-state index in [1.54, 1.807) is 33.8 Å². The normalized spacial score (nSPS) is 43.1. The fraction of sp³-hybridized carbons (Fsp3) is 0.714. The van der Waals surface area contributed by atoms with Crippen molar-refractivity contribution in [1.82, 2.24) is 0 Å². The summed E-state index contributed by atoms with van der Waals surface area (Å²) in [7, 11) is 0. The number of esters is 2. The number of ketones is 2. The van der Waals surface area contributed by atoms with Gasteiger partial charge >= 0.3 is 11.9 Å². The van der Waals surface area contributed by atoms with Gasteiger partial charge in [0.1, 0.15) is 0 Å². The molecule has 1 N–H and O–H groups in total. The number of halogens is 1. The summed E-state index contributed by atoms with van der Waals surface area (Å²) in [6.45, 7) is 8.05. The Morgan fingerprint density at radius 3 is 2.44 bits per heavy atom. The smallest absolute Gasteiger partial charge is 0.306 e. The lowest BCUT2D eigenvalue weighted by Crippen LogP contribution is -2.70. The van der Waals surface area contributed by atoms with Gasteiger partial charge in [-0.05, 0) is 50.7 Å². The standard InChI is InChI=1S/C28H37FO7/c1-6-23(33)35-15-22(32)28(36-24(34)7-2)16(3)12-20-19-9-8-17-13-18(30)10-11-25(17,4)27(19,29)21(31)14-26(20,28)5/h10-11,13,16,19-21,31H,6-9,12,14-15H2,1-5H3/t16-,19?,20?,21?,25-,26-,27-,28-/m0/s1. The van der Waals surface area contributed by atoms with Gasteiger partial charge in [0.15, 0.2) is 23.7 Å². The fourth-order valence-electron chi connectivity index (χ4n) is 8.01. The number of hydrogen-bond donors (Lipinski definition) is 1. The maximum Gasteiger partial charge on any atom is 0.306 e. The van der Waals surface area contributed by atoms with Gasteiger partial charge in [0, 0.05) is 35.5 Å². The number of hydrogen-bond acceptors (Lipinski definition) is 7. The summed E-state index contributed by atoms with van der Waals surface area (Å²) in [5.41, 5.74) is -5.26. The highest BCUT2D eigenvalue weighted by Gasteiger charge is 2.77. The Balaban J connectivity index is 1.80. The number of ether oxygens (including phenoxy) is 2. The minimum Gasteiger partial charge on any atom is -0.457 e. The molecule has 0 radical (unpaired) electrons. The maximum atomic E-state index is 17.4. The number of rotatable bonds is 6. The summed E-state index contributed by atoms with van der Waals surface area (Å²) in [5, 5.41) is 11.5. The zero-order valence-corrected chi connectivity index (χ0v) is 21.8. The zero-order valence-electron chi connectivity index (χ0n) is 21.8. The molecule has 4 rings (SSSR count). The SMILES string of the molecule is CCC(=O)OCC(=O)[C@@]1(OC(=O)CC)[C@@H](C)CC2C3CCC4=CC(=O)C=C[C@]4(C)[C@@]3(F)C(O)C[C@@]21C. The molecule has 0 aromatic heterocycles. The second-order valence-electron chi connectivity index (χ2n) is 11.4. The van der Waals surface area contributed by atoms with Crippen LogP contribution in [0.4, 0.5) is 4.39 Å². The third-order valence-electron chi connectivity index (χ3n) is 9.81. The Labute approximate surface area is 211 Å². The lowest BCUT2D eigenvalue weighted by Gasteiger charge is -2.62. The predicted octanol–water partition coefficient (Wildman–Crippen LogP) is 3.82. The first-order valence-corrected chi connectivity index (χ1v) is 13.0. The summed E-state index contributed by atoms with van der Waals surface area (Å²) in [5.74, 6) is -3.31. The lowest BCUT2D eigenvalue weighted by molar-refractivity contribution is -0.228. The van der Waals surface area contributed by atoms with Crippen LogP contribution in [0.2, 0.25) is 0 Å². The summed E-state index contributed by atoms with van der Waals surface area (Å²) >= 11 is 0. The van der Waals surface area contributed by atoms with E-state index in [1.807, 2.05) is 6.92 Å². The molecule has 198 valence electrons. The van der Waals surface area contributed by atoms with Crippen LogP contribution in [0.1, 0.15) is 73.1 Å². The van der Waals surface area contributed by atoms with Gasteiger partial charge in [0.2, 0.25) is 5.78 Å². The number of Topliss-reactive ketones (excluding diaryl/α,β-unsaturated/α-hetero) is 1. The number of alkyl halides is 1. The van der Waals surface area contributed by atoms with Gasteiger partial charge in [-0.25, -0.2) is 4.39 Å². The van der Waals surface area contributed by atoms with Gasteiger partial charge in [-0.15, -0.1) is 0 Å². The molecular weight excluding hydrogens is 467 g/mol. The van der Waals surface area contributed by atoms with Crippen LogP contribution in [0, 0.1) is 28.6 Å². The van der Waals surface area contributed by atoms with E-state index in [4.69, 9.17) is 9.47 Å². The molecule has 7 nitrogen and oxygen atoms in total. The maximum absolute atomic E-state index is 17.4. The second-order valence-corrected chi connectivity index (χ2v) is 11.4. The van der Waals surface area contributed by atoms with E-state index in [1.165, 1.54) is 12.2 Å². The summed E-state index contributed by atoms with van der Waals surface area (Å²) in [4.78, 5) is 50.3. The van der Waals surface area contributed by atoms with Crippen LogP contribution in [0.25, 0.3) is 0 Å². The number of aliphatic hydroxyl groups excluding tert-OH is 1. The molecule has 3 unspecified atom stereocenters. The average Bonchev–Trinajstić information content (AvgIpc) is 3.05. The van der Waals surface area contributed by atoms with Crippen molar-refractivity contribution < 1.29 is 38.1 Å².